The molecule has 0 radical (unpaired) electrons. The zero-order valence-corrected chi connectivity index (χ0v) is 19.5. The number of nitro benzene ring substituents is 1. The van der Waals surface area contributed by atoms with Crippen molar-refractivity contribution in [2.45, 2.75) is 19.9 Å². The summed E-state index contributed by atoms with van der Waals surface area (Å²) in [5, 5.41) is 22.4. The molecule has 1 fully saturated rings. The van der Waals surface area contributed by atoms with Crippen LogP contribution in [0.5, 0.6) is 0 Å². The summed E-state index contributed by atoms with van der Waals surface area (Å²) in [6, 6.07) is 17.4. The van der Waals surface area contributed by atoms with Gasteiger partial charge in [0.2, 0.25) is 0 Å². The Labute approximate surface area is 206 Å². The summed E-state index contributed by atoms with van der Waals surface area (Å²) >= 11 is 0. The predicted molar refractivity (Wildman–Crippen MR) is 131 cm³/mol. The van der Waals surface area contributed by atoms with Crippen LogP contribution in [0.25, 0.3) is 5.76 Å². The van der Waals surface area contributed by atoms with Crippen LogP contribution in [0.15, 0.2) is 78.4 Å². The fourth-order valence-corrected chi connectivity index (χ4v) is 4.17. The second kappa shape index (κ2) is 9.83. The van der Waals surface area contributed by atoms with E-state index in [1.54, 1.807) is 37.3 Å². The van der Waals surface area contributed by atoms with Crippen LogP contribution in [0, 0.1) is 17.0 Å². The van der Waals surface area contributed by atoms with E-state index in [1.165, 1.54) is 35.2 Å². The van der Waals surface area contributed by atoms with Crippen LogP contribution in [-0.4, -0.2) is 34.3 Å². The molecule has 1 aliphatic heterocycles. The number of ether oxygens (including phenoxy) is 1. The molecular formula is C27H22N2O7. The van der Waals surface area contributed by atoms with Crippen LogP contribution >= 0.6 is 0 Å². The van der Waals surface area contributed by atoms with Gasteiger partial charge >= 0.3 is 5.97 Å². The Balaban J connectivity index is 1.93. The molecule has 0 bridgehead atoms. The zero-order chi connectivity index (χ0) is 26.0. The van der Waals surface area contributed by atoms with Crippen LogP contribution in [0.3, 0.4) is 0 Å². The van der Waals surface area contributed by atoms with Gasteiger partial charge in [0.25, 0.3) is 17.4 Å². The Hall–Kier alpha value is -4.79. The summed E-state index contributed by atoms with van der Waals surface area (Å²) in [5.41, 5.74) is 1.39. The van der Waals surface area contributed by atoms with E-state index in [9.17, 15) is 29.6 Å². The topological polar surface area (TPSA) is 127 Å². The number of non-ortho nitro benzene ring substituents is 1. The summed E-state index contributed by atoms with van der Waals surface area (Å²) in [6.07, 6.45) is 0. The lowest BCUT2D eigenvalue weighted by Crippen LogP contribution is -2.29. The quantitative estimate of drug-likeness (QED) is 0.134. The number of Topliss-reactive ketones (excluding diaryl/α,β-unsaturated/α-hetero) is 1. The van der Waals surface area contributed by atoms with Gasteiger partial charge in [-0.05, 0) is 37.6 Å². The number of aliphatic hydroxyl groups excluding tert-OH is 1. The Bertz CT molecular complexity index is 1430. The Morgan fingerprint density at radius 2 is 1.72 bits per heavy atom. The fourth-order valence-electron chi connectivity index (χ4n) is 4.17. The minimum Gasteiger partial charge on any atom is -0.507 e. The van der Waals surface area contributed by atoms with Gasteiger partial charge in [0.05, 0.1) is 28.7 Å². The Morgan fingerprint density at radius 1 is 1.03 bits per heavy atom. The third-order valence-corrected chi connectivity index (χ3v) is 5.77. The molecule has 1 saturated heterocycles. The van der Waals surface area contributed by atoms with E-state index in [-0.39, 0.29) is 34.7 Å². The molecule has 36 heavy (non-hydrogen) atoms. The molecule has 9 nitrogen and oxygen atoms in total. The molecule has 1 heterocycles. The molecule has 3 aromatic carbocycles. The average molecular weight is 486 g/mol. The maximum Gasteiger partial charge on any atom is 0.338 e. The Morgan fingerprint density at radius 3 is 2.42 bits per heavy atom. The predicted octanol–water partition coefficient (Wildman–Crippen LogP) is 4.71. The standard InChI is InChI=1S/C27H22N2O7/c1-3-36-27(33)19-10-6-11-20(15-19)28-23(17-8-4-7-16(2)13-17)22(25(31)26(28)32)24(30)18-9-5-12-21(14-18)29(34)35/h4-15,23,30H,3H2,1-2H3/b24-22-. The second-order valence-corrected chi connectivity index (χ2v) is 8.16. The average Bonchev–Trinajstić information content (AvgIpc) is 3.14. The number of rotatable bonds is 6. The van der Waals surface area contributed by atoms with E-state index >= 15 is 0 Å². The van der Waals surface area contributed by atoms with Crippen LogP contribution in [0.2, 0.25) is 0 Å². The highest BCUT2D eigenvalue weighted by Gasteiger charge is 2.47. The van der Waals surface area contributed by atoms with E-state index in [0.717, 1.165) is 11.6 Å². The molecule has 1 aliphatic rings. The van der Waals surface area contributed by atoms with Crippen molar-refractivity contribution in [1.82, 2.24) is 0 Å². The lowest BCUT2D eigenvalue weighted by molar-refractivity contribution is -0.384. The molecule has 0 aliphatic carbocycles. The first kappa shape index (κ1) is 24.3. The van der Waals surface area contributed by atoms with Crippen molar-refractivity contribution < 1.29 is 29.2 Å². The summed E-state index contributed by atoms with van der Waals surface area (Å²) < 4.78 is 5.05. The first-order valence-corrected chi connectivity index (χ1v) is 11.1. The van der Waals surface area contributed by atoms with Gasteiger partial charge in [-0.1, -0.05) is 48.0 Å². The number of benzene rings is 3. The highest BCUT2D eigenvalue weighted by atomic mass is 16.6. The smallest absolute Gasteiger partial charge is 0.338 e. The molecule has 0 spiro atoms. The number of ketones is 1. The number of hydrogen-bond acceptors (Lipinski definition) is 7. The number of aryl methyl sites for hydroxylation is 1. The van der Waals surface area contributed by atoms with Gasteiger partial charge in [-0.25, -0.2) is 4.79 Å². The van der Waals surface area contributed by atoms with Gasteiger partial charge in [-0.2, -0.15) is 0 Å². The van der Waals surface area contributed by atoms with Crippen molar-refractivity contribution in [3.8, 4) is 0 Å². The lowest BCUT2D eigenvalue weighted by Gasteiger charge is -2.26. The number of carbonyl (C=O) groups excluding carboxylic acids is 3. The monoisotopic (exact) mass is 486 g/mol. The maximum atomic E-state index is 13.3. The molecular weight excluding hydrogens is 464 g/mol. The van der Waals surface area contributed by atoms with Crippen molar-refractivity contribution in [1.29, 1.82) is 0 Å². The maximum absolute atomic E-state index is 13.3. The number of nitrogens with zero attached hydrogens (tertiary/aromatic N) is 2. The molecule has 0 saturated carbocycles. The van der Waals surface area contributed by atoms with Crippen molar-refractivity contribution in [2.24, 2.45) is 0 Å². The number of nitro groups is 1. The van der Waals surface area contributed by atoms with Crippen LogP contribution in [0.1, 0.15) is 40.0 Å². The van der Waals surface area contributed by atoms with Gasteiger partial charge in [0, 0.05) is 23.4 Å². The van der Waals surface area contributed by atoms with E-state index < -0.39 is 34.4 Å². The summed E-state index contributed by atoms with van der Waals surface area (Å²) in [4.78, 5) is 50.7. The first-order chi connectivity index (χ1) is 17.2. The molecule has 0 aromatic heterocycles. The summed E-state index contributed by atoms with van der Waals surface area (Å²) in [7, 11) is 0. The highest BCUT2D eigenvalue weighted by molar-refractivity contribution is 6.51. The second-order valence-electron chi connectivity index (χ2n) is 8.16. The van der Waals surface area contributed by atoms with Crippen LogP contribution in [0.4, 0.5) is 11.4 Å². The van der Waals surface area contributed by atoms with Crippen molar-refractivity contribution >= 4 is 34.8 Å². The normalized spacial score (nSPS) is 16.7. The molecule has 182 valence electrons. The summed E-state index contributed by atoms with van der Waals surface area (Å²) in [5.74, 6) is -2.98. The molecule has 4 rings (SSSR count). The Kier molecular flexibility index (Phi) is 6.64. The number of anilines is 1. The van der Waals surface area contributed by atoms with Crippen molar-refractivity contribution in [3.63, 3.8) is 0 Å². The molecule has 1 amide bonds. The van der Waals surface area contributed by atoms with Gasteiger partial charge in [-0.15, -0.1) is 0 Å². The lowest BCUT2D eigenvalue weighted by atomic mass is 9.94. The van der Waals surface area contributed by atoms with Gasteiger partial charge in [0.15, 0.2) is 0 Å². The van der Waals surface area contributed by atoms with Crippen LogP contribution < -0.4 is 4.90 Å². The number of amides is 1. The molecule has 1 N–H and O–H groups in total. The van der Waals surface area contributed by atoms with E-state index in [0.29, 0.717) is 5.56 Å². The van der Waals surface area contributed by atoms with E-state index in [1.807, 2.05) is 13.0 Å². The number of hydrogen-bond donors (Lipinski definition) is 1. The largest absolute Gasteiger partial charge is 0.507 e. The zero-order valence-electron chi connectivity index (χ0n) is 19.5. The molecule has 9 heteroatoms. The van der Waals surface area contributed by atoms with Crippen molar-refractivity contribution in [2.75, 3.05) is 11.5 Å². The number of esters is 1. The highest BCUT2D eigenvalue weighted by Crippen LogP contribution is 2.42. The number of aliphatic hydroxyl groups is 1. The van der Waals surface area contributed by atoms with E-state index in [4.69, 9.17) is 4.74 Å². The fraction of sp³-hybridized carbons (Fsp3) is 0.148. The van der Waals surface area contributed by atoms with Crippen molar-refractivity contribution in [3.05, 3.63) is 111 Å². The number of carbonyl (C=O) groups is 3. The van der Waals surface area contributed by atoms with Gasteiger partial charge < -0.3 is 9.84 Å². The van der Waals surface area contributed by atoms with Gasteiger partial charge in [-0.3, -0.25) is 24.6 Å². The minimum absolute atomic E-state index is 0.0279. The van der Waals surface area contributed by atoms with Gasteiger partial charge in [0.1, 0.15) is 5.76 Å². The van der Waals surface area contributed by atoms with E-state index in [2.05, 4.69) is 0 Å². The summed E-state index contributed by atoms with van der Waals surface area (Å²) in [6.45, 7) is 3.68. The molecule has 3 aromatic rings. The SMILES string of the molecule is CCOC(=O)c1cccc(N2C(=O)C(=O)/C(=C(\O)c3cccc([N+](=O)[O-])c3)C2c2cccc(C)c2)c1. The van der Waals surface area contributed by atoms with Crippen LogP contribution in [-0.2, 0) is 14.3 Å². The minimum atomic E-state index is -1.04. The third kappa shape index (κ3) is 4.46. The third-order valence-electron chi connectivity index (χ3n) is 5.77. The molecule has 1 unspecified atom stereocenters. The first-order valence-electron chi connectivity index (χ1n) is 11.1. The molecule has 1 atom stereocenters.